The van der Waals surface area contributed by atoms with Crippen molar-refractivity contribution >= 4 is 16.1 Å². The van der Waals surface area contributed by atoms with Crippen LogP contribution in [0.2, 0.25) is 0 Å². The van der Waals surface area contributed by atoms with Gasteiger partial charge in [0.25, 0.3) is 0 Å². The molecule has 5 nitrogen and oxygen atoms in total. The number of aldehydes is 1. The summed E-state index contributed by atoms with van der Waals surface area (Å²) >= 11 is 0. The Morgan fingerprint density at radius 3 is 2.64 bits per heavy atom. The first-order chi connectivity index (χ1) is 12.1. The maximum absolute atomic E-state index is 13.2. The van der Waals surface area contributed by atoms with Gasteiger partial charge in [0, 0.05) is 18.3 Å². The molecule has 126 valence electrons. The number of rotatable bonds is 3. The van der Waals surface area contributed by atoms with Crippen molar-refractivity contribution in [3.05, 3.63) is 66.0 Å². The van der Waals surface area contributed by atoms with E-state index in [4.69, 9.17) is 0 Å². The minimum atomic E-state index is -3.82. The normalized spacial score (nSPS) is 13.6. The standard InChI is InChI=1S/C19H16N2O3S/c22-13-15-12-17(25(23,24)18-9-3-4-10-20-18)19-16-8-2-1-6-14(16)7-5-11-21(15)19/h1-4,6,8-10,12-13H,5,7,11H2. The summed E-state index contributed by atoms with van der Waals surface area (Å²) in [5, 5.41) is -0.0115. The van der Waals surface area contributed by atoms with E-state index in [2.05, 4.69) is 4.98 Å². The van der Waals surface area contributed by atoms with Crippen molar-refractivity contribution in [1.82, 2.24) is 9.55 Å². The molecule has 0 spiro atoms. The molecule has 1 aromatic carbocycles. The summed E-state index contributed by atoms with van der Waals surface area (Å²) in [6, 6.07) is 14.0. The lowest BCUT2D eigenvalue weighted by molar-refractivity contribution is 0.111. The van der Waals surface area contributed by atoms with Crippen LogP contribution in [-0.2, 0) is 22.8 Å². The van der Waals surface area contributed by atoms with Crippen LogP contribution in [0.4, 0.5) is 0 Å². The third-order valence-electron chi connectivity index (χ3n) is 4.52. The Morgan fingerprint density at radius 2 is 1.88 bits per heavy atom. The molecule has 1 aliphatic rings. The van der Waals surface area contributed by atoms with Gasteiger partial charge in [-0.25, -0.2) is 13.4 Å². The summed E-state index contributed by atoms with van der Waals surface area (Å²) < 4.78 is 28.1. The molecule has 0 radical (unpaired) electrons. The molecule has 1 aliphatic heterocycles. The summed E-state index contributed by atoms with van der Waals surface area (Å²) in [7, 11) is -3.82. The molecule has 2 aromatic heterocycles. The number of hydrogen-bond acceptors (Lipinski definition) is 4. The van der Waals surface area contributed by atoms with Crippen LogP contribution in [0.1, 0.15) is 22.5 Å². The first kappa shape index (κ1) is 15.8. The molecule has 3 heterocycles. The molecular formula is C19H16N2O3S. The molecule has 0 aliphatic carbocycles. The van der Waals surface area contributed by atoms with Crippen LogP contribution in [0, 0.1) is 0 Å². The van der Waals surface area contributed by atoms with Crippen LogP contribution < -0.4 is 0 Å². The van der Waals surface area contributed by atoms with E-state index in [1.165, 1.54) is 18.3 Å². The van der Waals surface area contributed by atoms with Gasteiger partial charge in [0.05, 0.1) is 16.3 Å². The first-order valence-electron chi connectivity index (χ1n) is 8.06. The SMILES string of the molecule is O=Cc1cc(S(=O)(=O)c2ccccn2)c2n1CCCc1ccccc1-2. The molecule has 0 unspecified atom stereocenters. The molecule has 6 heteroatoms. The minimum Gasteiger partial charge on any atom is -0.337 e. The van der Waals surface area contributed by atoms with E-state index in [0.29, 0.717) is 17.9 Å². The monoisotopic (exact) mass is 352 g/mol. The summed E-state index contributed by atoms with van der Waals surface area (Å²) in [6.07, 6.45) is 3.87. The van der Waals surface area contributed by atoms with Gasteiger partial charge in [0.15, 0.2) is 11.3 Å². The zero-order chi connectivity index (χ0) is 17.4. The van der Waals surface area contributed by atoms with E-state index >= 15 is 0 Å². The van der Waals surface area contributed by atoms with Crippen LogP contribution in [0.3, 0.4) is 0 Å². The number of sulfone groups is 1. The van der Waals surface area contributed by atoms with Crippen molar-refractivity contribution < 1.29 is 13.2 Å². The zero-order valence-electron chi connectivity index (χ0n) is 13.4. The Balaban J connectivity index is 2.05. The number of carbonyl (C=O) groups is 1. The maximum Gasteiger partial charge on any atom is 0.225 e. The molecule has 3 aromatic rings. The predicted octanol–water partition coefficient (Wildman–Crippen LogP) is 3.14. The smallest absolute Gasteiger partial charge is 0.225 e. The summed E-state index contributed by atoms with van der Waals surface area (Å²) in [5.74, 6) is 0. The van der Waals surface area contributed by atoms with Crippen LogP contribution in [0.5, 0.6) is 0 Å². The van der Waals surface area contributed by atoms with Crippen molar-refractivity contribution in [3.8, 4) is 11.3 Å². The number of fused-ring (bicyclic) bond motifs is 3. The molecular weight excluding hydrogens is 336 g/mol. The molecule has 0 amide bonds. The highest BCUT2D eigenvalue weighted by atomic mass is 32.2. The van der Waals surface area contributed by atoms with Crippen molar-refractivity contribution in [2.75, 3.05) is 0 Å². The Hall–Kier alpha value is -2.73. The van der Waals surface area contributed by atoms with E-state index in [-0.39, 0.29) is 9.92 Å². The summed E-state index contributed by atoms with van der Waals surface area (Å²) in [5.41, 5.74) is 2.92. The number of benzene rings is 1. The van der Waals surface area contributed by atoms with Crippen LogP contribution in [-0.4, -0.2) is 24.3 Å². The fourth-order valence-corrected chi connectivity index (χ4v) is 4.81. The van der Waals surface area contributed by atoms with Gasteiger partial charge in [0.2, 0.25) is 9.84 Å². The van der Waals surface area contributed by atoms with Crippen LogP contribution in [0.25, 0.3) is 11.3 Å². The molecule has 0 fully saturated rings. The maximum atomic E-state index is 13.2. The van der Waals surface area contributed by atoms with Gasteiger partial charge >= 0.3 is 0 Å². The summed E-state index contributed by atoms with van der Waals surface area (Å²) in [4.78, 5) is 15.7. The topological polar surface area (TPSA) is 69.0 Å². The lowest BCUT2D eigenvalue weighted by atomic mass is 10.0. The van der Waals surface area contributed by atoms with E-state index in [1.807, 2.05) is 28.8 Å². The Bertz CT molecular complexity index is 1050. The quantitative estimate of drug-likeness (QED) is 0.679. The minimum absolute atomic E-state index is 0.0115. The molecule has 0 bridgehead atoms. The predicted molar refractivity (Wildman–Crippen MR) is 93.3 cm³/mol. The van der Waals surface area contributed by atoms with Crippen LogP contribution in [0.15, 0.2) is 64.6 Å². The zero-order valence-corrected chi connectivity index (χ0v) is 14.2. The molecule has 0 N–H and O–H groups in total. The Kier molecular flexibility index (Phi) is 3.77. The lowest BCUT2D eigenvalue weighted by Gasteiger charge is -2.11. The number of aromatic nitrogens is 2. The Morgan fingerprint density at radius 1 is 1.08 bits per heavy atom. The van der Waals surface area contributed by atoms with Gasteiger partial charge in [-0.2, -0.15) is 0 Å². The largest absolute Gasteiger partial charge is 0.337 e. The van der Waals surface area contributed by atoms with Gasteiger partial charge in [-0.1, -0.05) is 30.3 Å². The highest BCUT2D eigenvalue weighted by Crippen LogP contribution is 2.37. The van der Waals surface area contributed by atoms with E-state index in [0.717, 1.165) is 30.3 Å². The summed E-state index contributed by atoms with van der Waals surface area (Å²) in [6.45, 7) is 0.607. The van der Waals surface area contributed by atoms with Crippen molar-refractivity contribution in [1.29, 1.82) is 0 Å². The van der Waals surface area contributed by atoms with Gasteiger partial charge in [-0.05, 0) is 36.6 Å². The van der Waals surface area contributed by atoms with E-state index < -0.39 is 9.84 Å². The molecule has 25 heavy (non-hydrogen) atoms. The number of hydrogen-bond donors (Lipinski definition) is 0. The molecule has 4 rings (SSSR count). The number of nitrogens with zero attached hydrogens (tertiary/aromatic N) is 2. The first-order valence-corrected chi connectivity index (χ1v) is 9.54. The number of pyridine rings is 1. The molecule has 0 atom stereocenters. The van der Waals surface area contributed by atoms with Gasteiger partial charge in [-0.15, -0.1) is 0 Å². The second-order valence-corrected chi connectivity index (χ2v) is 7.85. The highest BCUT2D eigenvalue weighted by Gasteiger charge is 2.30. The fraction of sp³-hybridized carbons (Fsp3) is 0.158. The average molecular weight is 352 g/mol. The van der Waals surface area contributed by atoms with Crippen molar-refractivity contribution in [2.24, 2.45) is 0 Å². The van der Waals surface area contributed by atoms with E-state index in [1.54, 1.807) is 12.1 Å². The van der Waals surface area contributed by atoms with E-state index in [9.17, 15) is 13.2 Å². The lowest BCUT2D eigenvalue weighted by Crippen LogP contribution is -2.07. The van der Waals surface area contributed by atoms with Gasteiger partial charge < -0.3 is 4.57 Å². The number of carbonyl (C=O) groups excluding carboxylic acids is 1. The average Bonchev–Trinajstić information content (AvgIpc) is 2.92. The third-order valence-corrected chi connectivity index (χ3v) is 6.20. The second kappa shape index (κ2) is 5.97. The number of aryl methyl sites for hydroxylation is 1. The van der Waals surface area contributed by atoms with Gasteiger partial charge in [0.1, 0.15) is 0 Å². The molecule has 0 saturated heterocycles. The van der Waals surface area contributed by atoms with Crippen molar-refractivity contribution in [3.63, 3.8) is 0 Å². The van der Waals surface area contributed by atoms with Gasteiger partial charge in [-0.3, -0.25) is 4.79 Å². The molecule has 0 saturated carbocycles. The second-order valence-electron chi connectivity index (χ2n) is 5.98. The third kappa shape index (κ3) is 2.49. The fourth-order valence-electron chi connectivity index (χ4n) is 3.38. The van der Waals surface area contributed by atoms with Crippen LogP contribution >= 0.6 is 0 Å². The highest BCUT2D eigenvalue weighted by molar-refractivity contribution is 7.91. The Labute approximate surface area is 145 Å². The van der Waals surface area contributed by atoms with Crippen molar-refractivity contribution in [2.45, 2.75) is 29.3 Å².